The first-order valence-electron chi connectivity index (χ1n) is 6.58. The predicted molar refractivity (Wildman–Crippen MR) is 78.2 cm³/mol. The van der Waals surface area contributed by atoms with Crippen molar-refractivity contribution >= 4 is 23.5 Å². The topological polar surface area (TPSA) is 61.8 Å². The van der Waals surface area contributed by atoms with Crippen molar-refractivity contribution in [2.75, 3.05) is 14.2 Å². The number of carbonyl (C=O) groups excluding carboxylic acids is 2. The van der Waals surface area contributed by atoms with Crippen LogP contribution in [0.1, 0.15) is 5.56 Å². The summed E-state index contributed by atoms with van der Waals surface area (Å²) in [6.07, 6.45) is 2.85. The average molecular weight is 321 g/mol. The number of esters is 2. The monoisotopic (exact) mass is 320 g/mol. The van der Waals surface area contributed by atoms with E-state index >= 15 is 0 Å². The van der Waals surface area contributed by atoms with Gasteiger partial charge < -0.3 is 14.2 Å². The molecule has 0 aliphatic carbocycles. The minimum atomic E-state index is -1.15. The van der Waals surface area contributed by atoms with Crippen LogP contribution in [0.4, 0.5) is 0 Å². The van der Waals surface area contributed by atoms with Gasteiger partial charge in [-0.15, -0.1) is 0 Å². The molecule has 0 N–H and O–H groups in total. The molecular formula is C16H13ClO5. The van der Waals surface area contributed by atoms with E-state index in [0.29, 0.717) is 10.6 Å². The second-order valence-corrected chi connectivity index (χ2v) is 5.35. The van der Waals surface area contributed by atoms with Crippen LogP contribution < -0.4 is 0 Å². The standard InChI is InChI=1S/C16H13ClO5/c1-20-14(18)12-11-7-8-16(22-11,13(12)15(19)21-2)9-3-5-10(17)6-4-9/h3-8,11H,1-2H3/t11-,16-/m1/s1. The number of halogens is 1. The van der Waals surface area contributed by atoms with E-state index in [1.165, 1.54) is 14.2 Å². The van der Waals surface area contributed by atoms with Crippen molar-refractivity contribution in [3.63, 3.8) is 0 Å². The van der Waals surface area contributed by atoms with Gasteiger partial charge in [-0.1, -0.05) is 29.8 Å². The lowest BCUT2D eigenvalue weighted by atomic mass is 9.81. The first-order chi connectivity index (χ1) is 10.5. The molecule has 0 aromatic heterocycles. The second-order valence-electron chi connectivity index (χ2n) is 4.91. The summed E-state index contributed by atoms with van der Waals surface area (Å²) < 4.78 is 15.5. The van der Waals surface area contributed by atoms with Crippen LogP contribution in [-0.2, 0) is 29.4 Å². The molecule has 0 amide bonds. The molecule has 22 heavy (non-hydrogen) atoms. The highest BCUT2D eigenvalue weighted by atomic mass is 35.5. The number of carbonyl (C=O) groups is 2. The Bertz CT molecular complexity index is 704. The number of benzene rings is 1. The third kappa shape index (κ3) is 1.97. The number of fused-ring (bicyclic) bond motifs is 2. The highest BCUT2D eigenvalue weighted by molar-refractivity contribution is 6.30. The number of methoxy groups -OCH3 is 2. The third-order valence-electron chi connectivity index (χ3n) is 3.81. The molecule has 3 rings (SSSR count). The largest absolute Gasteiger partial charge is 0.466 e. The summed E-state index contributed by atoms with van der Waals surface area (Å²) in [4.78, 5) is 24.3. The van der Waals surface area contributed by atoms with E-state index < -0.39 is 23.6 Å². The molecule has 0 saturated carbocycles. The molecule has 0 fully saturated rings. The number of hydrogen-bond donors (Lipinski definition) is 0. The molecular weight excluding hydrogens is 308 g/mol. The zero-order valence-electron chi connectivity index (χ0n) is 12.0. The maximum Gasteiger partial charge on any atom is 0.338 e. The molecule has 0 spiro atoms. The van der Waals surface area contributed by atoms with Gasteiger partial charge in [-0.05, 0) is 23.8 Å². The molecule has 1 aromatic carbocycles. The van der Waals surface area contributed by atoms with Crippen LogP contribution in [0.3, 0.4) is 0 Å². The predicted octanol–water partition coefficient (Wildman–Crippen LogP) is 2.15. The molecule has 5 nitrogen and oxygen atoms in total. The van der Waals surface area contributed by atoms with Crippen LogP contribution in [0.25, 0.3) is 0 Å². The molecule has 2 aliphatic heterocycles. The van der Waals surface area contributed by atoms with Crippen LogP contribution in [0, 0.1) is 0 Å². The van der Waals surface area contributed by atoms with Gasteiger partial charge in [0.1, 0.15) is 11.7 Å². The normalized spacial score (nSPS) is 25.5. The first-order valence-corrected chi connectivity index (χ1v) is 6.96. The van der Waals surface area contributed by atoms with Crippen molar-refractivity contribution in [2.24, 2.45) is 0 Å². The van der Waals surface area contributed by atoms with Gasteiger partial charge in [-0.2, -0.15) is 0 Å². The van der Waals surface area contributed by atoms with Gasteiger partial charge in [0.15, 0.2) is 0 Å². The fourth-order valence-corrected chi connectivity index (χ4v) is 2.97. The van der Waals surface area contributed by atoms with Crippen LogP contribution in [0.15, 0.2) is 47.6 Å². The van der Waals surface area contributed by atoms with E-state index in [2.05, 4.69) is 0 Å². The Balaban J connectivity index is 2.19. The summed E-state index contributed by atoms with van der Waals surface area (Å²) >= 11 is 5.91. The second kappa shape index (κ2) is 5.26. The van der Waals surface area contributed by atoms with Crippen LogP contribution in [-0.4, -0.2) is 32.3 Å². The van der Waals surface area contributed by atoms with Crippen LogP contribution in [0.5, 0.6) is 0 Å². The summed E-state index contributed by atoms with van der Waals surface area (Å²) in [5, 5.41) is 0.563. The lowest BCUT2D eigenvalue weighted by Crippen LogP contribution is -2.30. The van der Waals surface area contributed by atoms with Crippen LogP contribution >= 0.6 is 11.6 Å². The Hall–Kier alpha value is -2.11. The Morgan fingerprint density at radius 2 is 1.77 bits per heavy atom. The van der Waals surface area contributed by atoms with E-state index in [1.807, 2.05) is 0 Å². The van der Waals surface area contributed by atoms with Gasteiger partial charge in [-0.3, -0.25) is 0 Å². The SMILES string of the molecule is COC(=O)C1=C(C(=O)OC)[C@]2(c3ccc(Cl)cc3)C=C[C@H]1O2. The minimum Gasteiger partial charge on any atom is -0.466 e. The Labute approximate surface area is 132 Å². The molecule has 0 unspecified atom stereocenters. The summed E-state index contributed by atoms with van der Waals surface area (Å²) in [7, 11) is 2.52. The fraction of sp³-hybridized carbons (Fsp3) is 0.250. The van der Waals surface area contributed by atoms with Gasteiger partial charge in [0, 0.05) is 5.02 Å². The number of hydrogen-bond acceptors (Lipinski definition) is 5. The van der Waals surface area contributed by atoms with Gasteiger partial charge in [-0.25, -0.2) is 9.59 Å². The lowest BCUT2D eigenvalue weighted by Gasteiger charge is -2.26. The third-order valence-corrected chi connectivity index (χ3v) is 4.06. The molecule has 2 heterocycles. The molecule has 2 bridgehead atoms. The minimum absolute atomic E-state index is 0.150. The Morgan fingerprint density at radius 3 is 2.36 bits per heavy atom. The summed E-state index contributed by atoms with van der Waals surface area (Å²) in [6, 6.07) is 6.89. The average Bonchev–Trinajstić information content (AvgIpc) is 3.11. The maximum atomic E-state index is 12.3. The first kappa shape index (κ1) is 14.8. The van der Waals surface area contributed by atoms with Gasteiger partial charge in [0.25, 0.3) is 0 Å². The molecule has 1 aromatic rings. The summed E-state index contributed by atoms with van der Waals surface area (Å²) in [5.41, 5.74) is -0.135. The summed E-state index contributed by atoms with van der Waals surface area (Å²) in [5.74, 6) is -1.23. The number of rotatable bonds is 3. The molecule has 2 atom stereocenters. The fourth-order valence-electron chi connectivity index (χ4n) is 2.84. The van der Waals surface area contributed by atoms with Crippen LogP contribution in [0.2, 0.25) is 5.02 Å². The molecule has 2 aliphatic rings. The van der Waals surface area contributed by atoms with Crippen molar-refractivity contribution in [2.45, 2.75) is 11.7 Å². The van der Waals surface area contributed by atoms with E-state index in [9.17, 15) is 9.59 Å². The van der Waals surface area contributed by atoms with E-state index in [-0.39, 0.29) is 11.1 Å². The zero-order valence-corrected chi connectivity index (χ0v) is 12.7. The Kier molecular flexibility index (Phi) is 3.54. The molecule has 0 saturated heterocycles. The Morgan fingerprint density at radius 1 is 1.14 bits per heavy atom. The van der Waals surface area contributed by atoms with E-state index in [4.69, 9.17) is 25.8 Å². The maximum absolute atomic E-state index is 12.3. The zero-order chi connectivity index (χ0) is 15.9. The van der Waals surface area contributed by atoms with E-state index in [1.54, 1.807) is 36.4 Å². The van der Waals surface area contributed by atoms with E-state index in [0.717, 1.165) is 0 Å². The lowest BCUT2D eigenvalue weighted by molar-refractivity contribution is -0.139. The van der Waals surface area contributed by atoms with Crippen molar-refractivity contribution < 1.29 is 23.8 Å². The summed E-state index contributed by atoms with van der Waals surface area (Å²) in [6.45, 7) is 0. The van der Waals surface area contributed by atoms with Gasteiger partial charge in [0.2, 0.25) is 0 Å². The molecule has 0 radical (unpaired) electrons. The van der Waals surface area contributed by atoms with Gasteiger partial charge >= 0.3 is 11.9 Å². The number of ether oxygens (including phenoxy) is 3. The highest BCUT2D eigenvalue weighted by Gasteiger charge is 2.55. The van der Waals surface area contributed by atoms with Gasteiger partial charge in [0.05, 0.1) is 25.4 Å². The quantitative estimate of drug-likeness (QED) is 0.631. The smallest absolute Gasteiger partial charge is 0.338 e. The van der Waals surface area contributed by atoms with Crippen molar-refractivity contribution in [3.05, 3.63) is 58.1 Å². The van der Waals surface area contributed by atoms with Crippen molar-refractivity contribution in [1.82, 2.24) is 0 Å². The van der Waals surface area contributed by atoms with Crippen molar-refractivity contribution in [1.29, 1.82) is 0 Å². The highest BCUT2D eigenvalue weighted by Crippen LogP contribution is 2.50. The molecule has 114 valence electrons. The molecule has 6 heteroatoms. The van der Waals surface area contributed by atoms with Crippen molar-refractivity contribution in [3.8, 4) is 0 Å².